The maximum atomic E-state index is 11.3. The van der Waals surface area contributed by atoms with E-state index in [4.69, 9.17) is 5.10 Å². The van der Waals surface area contributed by atoms with Crippen LogP contribution in [0.3, 0.4) is 0 Å². The first-order valence-corrected chi connectivity index (χ1v) is 9.68. The van der Waals surface area contributed by atoms with Crippen molar-refractivity contribution in [1.29, 1.82) is 0 Å². The summed E-state index contributed by atoms with van der Waals surface area (Å²) in [5, 5.41) is 14.2. The number of benzene rings is 2. The van der Waals surface area contributed by atoms with Crippen molar-refractivity contribution in [2.75, 3.05) is 13.1 Å². The highest BCUT2D eigenvalue weighted by atomic mass is 16.4. The van der Waals surface area contributed by atoms with Crippen molar-refractivity contribution in [2.24, 2.45) is 5.92 Å². The Morgan fingerprint density at radius 2 is 1.93 bits per heavy atom. The molecule has 1 unspecified atom stereocenters. The summed E-state index contributed by atoms with van der Waals surface area (Å²) in [6.45, 7) is 6.33. The molecule has 5 heteroatoms. The summed E-state index contributed by atoms with van der Waals surface area (Å²) >= 11 is 0. The molecule has 1 aliphatic heterocycles. The third kappa shape index (κ3) is 3.71. The second kappa shape index (κ2) is 7.60. The average molecular weight is 375 g/mol. The van der Waals surface area contributed by atoms with Gasteiger partial charge in [-0.3, -0.25) is 9.69 Å². The van der Waals surface area contributed by atoms with Gasteiger partial charge in [-0.05, 0) is 56.1 Å². The Hall–Kier alpha value is -2.92. The third-order valence-electron chi connectivity index (χ3n) is 5.61. The van der Waals surface area contributed by atoms with Crippen LogP contribution in [0.1, 0.15) is 23.1 Å². The predicted octanol–water partition coefficient (Wildman–Crippen LogP) is 4.06. The number of rotatable bonds is 5. The number of carboxylic acid groups (broad SMARTS) is 1. The summed E-state index contributed by atoms with van der Waals surface area (Å²) in [5.74, 6) is -0.967. The van der Waals surface area contributed by atoms with Crippen molar-refractivity contribution in [3.8, 4) is 16.9 Å². The van der Waals surface area contributed by atoms with Crippen LogP contribution in [0.25, 0.3) is 16.9 Å². The summed E-state index contributed by atoms with van der Waals surface area (Å²) in [7, 11) is 0. The molecule has 1 aliphatic rings. The van der Waals surface area contributed by atoms with Gasteiger partial charge in [0.2, 0.25) is 0 Å². The van der Waals surface area contributed by atoms with Gasteiger partial charge < -0.3 is 5.11 Å². The summed E-state index contributed by atoms with van der Waals surface area (Å²) in [4.78, 5) is 13.5. The van der Waals surface area contributed by atoms with E-state index in [1.807, 2.05) is 35.0 Å². The number of aromatic nitrogens is 2. The minimum Gasteiger partial charge on any atom is -0.481 e. The molecule has 1 atom stereocenters. The first-order chi connectivity index (χ1) is 13.5. The third-order valence-corrected chi connectivity index (χ3v) is 5.61. The van der Waals surface area contributed by atoms with Crippen LogP contribution >= 0.6 is 0 Å². The molecular weight excluding hydrogens is 350 g/mol. The lowest BCUT2D eigenvalue weighted by Gasteiger charge is -2.15. The van der Waals surface area contributed by atoms with E-state index in [9.17, 15) is 9.90 Å². The Bertz CT molecular complexity index is 994. The Morgan fingerprint density at radius 3 is 2.61 bits per heavy atom. The SMILES string of the molecule is Cc1ccc(-c2nn(-c3ccccc3)cc2CN2CCC(C(=O)O)C2)cc1C. The molecule has 0 amide bonds. The molecule has 3 aromatic rings. The number of aliphatic carboxylic acids is 1. The van der Waals surface area contributed by atoms with E-state index >= 15 is 0 Å². The Balaban J connectivity index is 1.70. The number of carboxylic acids is 1. The van der Waals surface area contributed by atoms with Gasteiger partial charge in [0.1, 0.15) is 0 Å². The number of aryl methyl sites for hydroxylation is 2. The smallest absolute Gasteiger partial charge is 0.307 e. The molecule has 0 radical (unpaired) electrons. The molecule has 0 bridgehead atoms. The molecule has 4 rings (SSSR count). The molecule has 1 N–H and O–H groups in total. The van der Waals surface area contributed by atoms with Crippen molar-refractivity contribution in [1.82, 2.24) is 14.7 Å². The van der Waals surface area contributed by atoms with E-state index in [1.54, 1.807) is 0 Å². The molecule has 0 spiro atoms. The van der Waals surface area contributed by atoms with Crippen molar-refractivity contribution < 1.29 is 9.90 Å². The molecule has 0 aliphatic carbocycles. The zero-order valence-corrected chi connectivity index (χ0v) is 16.3. The van der Waals surface area contributed by atoms with E-state index in [0.29, 0.717) is 19.5 Å². The summed E-state index contributed by atoms with van der Waals surface area (Å²) in [6.07, 6.45) is 2.79. The first-order valence-electron chi connectivity index (χ1n) is 9.68. The highest BCUT2D eigenvalue weighted by Crippen LogP contribution is 2.28. The molecule has 2 aromatic carbocycles. The minimum absolute atomic E-state index is 0.269. The maximum Gasteiger partial charge on any atom is 0.307 e. The number of likely N-dealkylation sites (tertiary alicyclic amines) is 1. The summed E-state index contributed by atoms with van der Waals surface area (Å²) in [5.41, 5.74) is 6.70. The van der Waals surface area contributed by atoms with E-state index < -0.39 is 5.97 Å². The van der Waals surface area contributed by atoms with Gasteiger partial charge in [0.25, 0.3) is 0 Å². The van der Waals surface area contributed by atoms with Gasteiger partial charge in [0, 0.05) is 30.4 Å². The second-order valence-corrected chi connectivity index (χ2v) is 7.64. The van der Waals surface area contributed by atoms with Crippen molar-refractivity contribution in [3.05, 3.63) is 71.4 Å². The first kappa shape index (κ1) is 18.4. The number of carbonyl (C=O) groups is 1. The van der Waals surface area contributed by atoms with Crippen molar-refractivity contribution in [2.45, 2.75) is 26.8 Å². The van der Waals surface area contributed by atoms with E-state index in [-0.39, 0.29) is 5.92 Å². The molecule has 0 saturated carbocycles. The highest BCUT2D eigenvalue weighted by molar-refractivity contribution is 5.70. The Kier molecular flexibility index (Phi) is 5.01. The number of hydrogen-bond donors (Lipinski definition) is 1. The van der Waals surface area contributed by atoms with Crippen LogP contribution in [0.15, 0.2) is 54.7 Å². The summed E-state index contributed by atoms with van der Waals surface area (Å²) in [6, 6.07) is 16.5. The zero-order chi connectivity index (χ0) is 19.7. The molecule has 28 heavy (non-hydrogen) atoms. The predicted molar refractivity (Wildman–Crippen MR) is 109 cm³/mol. The lowest BCUT2D eigenvalue weighted by atomic mass is 10.0. The summed E-state index contributed by atoms with van der Waals surface area (Å²) < 4.78 is 1.92. The maximum absolute atomic E-state index is 11.3. The fourth-order valence-corrected chi connectivity index (χ4v) is 3.79. The largest absolute Gasteiger partial charge is 0.481 e. The fraction of sp³-hybridized carbons (Fsp3) is 0.304. The Labute approximate surface area is 165 Å². The number of nitrogens with zero attached hydrogens (tertiary/aromatic N) is 3. The van der Waals surface area contributed by atoms with E-state index in [0.717, 1.165) is 29.1 Å². The van der Waals surface area contributed by atoms with Gasteiger partial charge in [0.15, 0.2) is 0 Å². The molecule has 1 aromatic heterocycles. The van der Waals surface area contributed by atoms with Crippen LogP contribution in [-0.4, -0.2) is 38.8 Å². The zero-order valence-electron chi connectivity index (χ0n) is 16.3. The second-order valence-electron chi connectivity index (χ2n) is 7.64. The van der Waals surface area contributed by atoms with Gasteiger partial charge in [-0.25, -0.2) is 4.68 Å². The number of hydrogen-bond acceptors (Lipinski definition) is 3. The van der Waals surface area contributed by atoms with Gasteiger partial charge in [-0.1, -0.05) is 30.3 Å². The van der Waals surface area contributed by atoms with Crippen LogP contribution in [0.2, 0.25) is 0 Å². The van der Waals surface area contributed by atoms with Crippen molar-refractivity contribution in [3.63, 3.8) is 0 Å². The standard InChI is InChI=1S/C23H25N3O2/c1-16-8-9-18(12-17(16)2)22-20(14-25-11-10-19(13-25)23(27)28)15-26(24-22)21-6-4-3-5-7-21/h3-9,12,15,19H,10-11,13-14H2,1-2H3,(H,27,28). The number of para-hydroxylation sites is 1. The highest BCUT2D eigenvalue weighted by Gasteiger charge is 2.28. The van der Waals surface area contributed by atoms with Crippen LogP contribution in [0.4, 0.5) is 0 Å². The molecule has 1 fully saturated rings. The van der Waals surface area contributed by atoms with Crippen LogP contribution < -0.4 is 0 Å². The van der Waals surface area contributed by atoms with Gasteiger partial charge >= 0.3 is 5.97 Å². The quantitative estimate of drug-likeness (QED) is 0.731. The van der Waals surface area contributed by atoms with Gasteiger partial charge in [-0.2, -0.15) is 5.10 Å². The molecular formula is C23H25N3O2. The average Bonchev–Trinajstić information content (AvgIpc) is 3.33. The molecule has 1 saturated heterocycles. The van der Waals surface area contributed by atoms with Gasteiger partial charge in [-0.15, -0.1) is 0 Å². The molecule has 5 nitrogen and oxygen atoms in total. The van der Waals surface area contributed by atoms with E-state index in [1.165, 1.54) is 11.1 Å². The topological polar surface area (TPSA) is 58.4 Å². The van der Waals surface area contributed by atoms with Crippen LogP contribution in [0, 0.1) is 19.8 Å². The molecule has 2 heterocycles. The Morgan fingerprint density at radius 1 is 1.14 bits per heavy atom. The normalized spacial score (nSPS) is 17.1. The van der Waals surface area contributed by atoms with Crippen molar-refractivity contribution >= 4 is 5.97 Å². The molecule has 144 valence electrons. The van der Waals surface area contributed by atoms with Crippen LogP contribution in [-0.2, 0) is 11.3 Å². The lowest BCUT2D eigenvalue weighted by Crippen LogP contribution is -2.22. The lowest BCUT2D eigenvalue weighted by molar-refractivity contribution is -0.141. The van der Waals surface area contributed by atoms with Crippen LogP contribution in [0.5, 0.6) is 0 Å². The minimum atomic E-state index is -0.697. The fourth-order valence-electron chi connectivity index (χ4n) is 3.79. The van der Waals surface area contributed by atoms with E-state index in [2.05, 4.69) is 43.1 Å². The monoisotopic (exact) mass is 375 g/mol. The van der Waals surface area contributed by atoms with Gasteiger partial charge in [0.05, 0.1) is 17.3 Å².